The fraction of sp³-hybridized carbons (Fsp3) is 0.375. The number of benzene rings is 3. The van der Waals surface area contributed by atoms with Gasteiger partial charge in [0, 0.05) is 11.2 Å². The van der Waals surface area contributed by atoms with Gasteiger partial charge in [0.05, 0.1) is 0 Å². The van der Waals surface area contributed by atoms with Crippen molar-refractivity contribution in [3.05, 3.63) is 101 Å². The predicted octanol–water partition coefficient (Wildman–Crippen LogP) is 4.90. The Bertz CT molecular complexity index is 1130. The average molecular weight is 591 g/mol. The van der Waals surface area contributed by atoms with Gasteiger partial charge in [-0.1, -0.05) is 60.5 Å². The summed E-state index contributed by atoms with van der Waals surface area (Å²) < 4.78 is 7.58. The van der Waals surface area contributed by atoms with Gasteiger partial charge >= 0.3 is 82.7 Å². The molecule has 36 heavy (non-hydrogen) atoms. The second-order valence-electron chi connectivity index (χ2n) is 10.8. The number of rotatable bonds is 5. The number of halogens is 1. The van der Waals surface area contributed by atoms with Crippen molar-refractivity contribution in [2.45, 2.75) is 78.9 Å². The van der Waals surface area contributed by atoms with Crippen LogP contribution in [0.25, 0.3) is 0 Å². The SMILES string of the molecule is CC(C)Oc1ccccc1[CH]=[Ru+].Cc1cc(C)c(N2[CH-]C(C)(c3ccccc3)CC2(C)C)c(C)c1.[Cl-]. The molecular formula is C32H40ClNORu-. The largest absolute Gasteiger partial charge is 1.00 e. The summed E-state index contributed by atoms with van der Waals surface area (Å²) in [7, 11) is 0. The molecule has 4 rings (SSSR count). The molecule has 4 heteroatoms. The van der Waals surface area contributed by atoms with Crippen LogP contribution in [0, 0.1) is 27.3 Å². The first-order valence-corrected chi connectivity index (χ1v) is 13.4. The molecule has 1 heterocycles. The van der Waals surface area contributed by atoms with E-state index in [1.807, 2.05) is 42.7 Å². The van der Waals surface area contributed by atoms with Crippen molar-refractivity contribution in [3.63, 3.8) is 0 Å². The molecule has 3 aromatic rings. The number of para-hydroxylation sites is 1. The molecule has 0 amide bonds. The number of hydrogen-bond donors (Lipinski definition) is 0. The third-order valence-corrected chi connectivity index (χ3v) is 7.11. The van der Waals surface area contributed by atoms with Crippen molar-refractivity contribution in [3.8, 4) is 5.75 Å². The fourth-order valence-corrected chi connectivity index (χ4v) is 5.74. The maximum absolute atomic E-state index is 5.59. The molecule has 0 bridgehead atoms. The second-order valence-corrected chi connectivity index (χ2v) is 11.3. The Hall–Kier alpha value is -1.96. The standard InChI is InChI=1S/C22H28N.C10H12O.ClH.Ru/c1-16-12-17(2)20(18(3)13-16)23-15-22(6,14-21(23,4)5)19-10-8-7-9-11-19;1-8(2)11-10-7-5-4-6-9(10)3;;/h7-13,15H,14H2,1-6H3;3-8H,1-2H3;1H;/q-1;;;+1/p-1. The molecule has 2 nitrogen and oxygen atoms in total. The molecule has 1 unspecified atom stereocenters. The van der Waals surface area contributed by atoms with E-state index in [-0.39, 0.29) is 29.5 Å². The van der Waals surface area contributed by atoms with Gasteiger partial charge in [-0.3, -0.25) is 0 Å². The van der Waals surface area contributed by atoms with Crippen molar-refractivity contribution in [2.75, 3.05) is 4.90 Å². The summed E-state index contributed by atoms with van der Waals surface area (Å²) in [5, 5.41) is 0. The van der Waals surface area contributed by atoms with Crippen LogP contribution in [0.15, 0.2) is 66.7 Å². The molecule has 1 fully saturated rings. The average Bonchev–Trinajstić information content (AvgIpc) is 3.03. The molecule has 0 aromatic heterocycles. The Morgan fingerprint density at radius 3 is 2.03 bits per heavy atom. The van der Waals surface area contributed by atoms with Crippen molar-refractivity contribution in [1.29, 1.82) is 0 Å². The molecular weight excluding hydrogens is 551 g/mol. The quantitative estimate of drug-likeness (QED) is 0.310. The van der Waals surface area contributed by atoms with Gasteiger partial charge < -0.3 is 17.3 Å². The number of aryl methyl sites for hydroxylation is 3. The fourth-order valence-electron chi connectivity index (χ4n) is 5.33. The smallest absolute Gasteiger partial charge is 0.0134 e. The predicted molar refractivity (Wildman–Crippen MR) is 147 cm³/mol. The topological polar surface area (TPSA) is 12.5 Å². The van der Waals surface area contributed by atoms with Crippen molar-refractivity contribution < 1.29 is 35.0 Å². The minimum Gasteiger partial charge on any atom is -1.00 e. The molecule has 0 aliphatic carbocycles. The normalized spacial score (nSPS) is 18.2. The first-order valence-electron chi connectivity index (χ1n) is 12.4. The molecule has 1 atom stereocenters. The number of hydrogen-bond acceptors (Lipinski definition) is 2. The Labute approximate surface area is 235 Å². The molecule has 3 aromatic carbocycles. The van der Waals surface area contributed by atoms with Crippen molar-refractivity contribution >= 4 is 10.3 Å². The van der Waals surface area contributed by atoms with Crippen LogP contribution in [0.1, 0.15) is 68.9 Å². The summed E-state index contributed by atoms with van der Waals surface area (Å²) in [6.07, 6.45) is 1.36. The molecule has 0 radical (unpaired) electrons. The number of anilines is 1. The first-order chi connectivity index (χ1) is 16.5. The van der Waals surface area contributed by atoms with E-state index >= 15 is 0 Å². The second kappa shape index (κ2) is 12.5. The molecule has 0 N–H and O–H groups in total. The monoisotopic (exact) mass is 591 g/mol. The van der Waals surface area contributed by atoms with Gasteiger partial charge in [-0.05, 0) is 52.2 Å². The number of ether oxygens (including phenoxy) is 1. The van der Waals surface area contributed by atoms with Gasteiger partial charge in [0.2, 0.25) is 0 Å². The van der Waals surface area contributed by atoms with Crippen LogP contribution >= 0.6 is 0 Å². The first kappa shape index (κ1) is 30.3. The zero-order valence-corrected chi connectivity index (χ0v) is 25.4. The molecule has 195 valence electrons. The van der Waals surface area contributed by atoms with Gasteiger partial charge in [-0.2, -0.15) is 0 Å². The summed E-state index contributed by atoms with van der Waals surface area (Å²) in [5.41, 5.74) is 8.16. The zero-order valence-electron chi connectivity index (χ0n) is 22.9. The van der Waals surface area contributed by atoms with E-state index < -0.39 is 0 Å². The molecule has 1 aliphatic heterocycles. The molecule has 0 saturated carbocycles. The van der Waals surface area contributed by atoms with Crippen LogP contribution in [-0.2, 0) is 23.3 Å². The molecule has 1 aliphatic rings. The summed E-state index contributed by atoms with van der Waals surface area (Å²) in [6, 6.07) is 23.5. The van der Waals surface area contributed by atoms with E-state index in [4.69, 9.17) is 4.74 Å². The summed E-state index contributed by atoms with van der Waals surface area (Å²) in [5.74, 6) is 0.950. The van der Waals surface area contributed by atoms with Crippen LogP contribution < -0.4 is 22.0 Å². The van der Waals surface area contributed by atoms with Crippen LogP contribution in [0.2, 0.25) is 0 Å². The minimum absolute atomic E-state index is 0. The van der Waals surface area contributed by atoms with E-state index in [0.717, 1.165) is 17.7 Å². The van der Waals surface area contributed by atoms with Crippen LogP contribution in [-0.4, -0.2) is 16.3 Å². The Kier molecular flexibility index (Phi) is 10.5. The Balaban J connectivity index is 0.000000299. The van der Waals surface area contributed by atoms with Gasteiger partial charge in [-0.25, -0.2) is 6.54 Å². The van der Waals surface area contributed by atoms with Crippen LogP contribution in [0.4, 0.5) is 5.69 Å². The van der Waals surface area contributed by atoms with Gasteiger partial charge in [0.25, 0.3) is 0 Å². The maximum atomic E-state index is 5.59. The van der Waals surface area contributed by atoms with E-state index in [2.05, 4.69) is 113 Å². The summed E-state index contributed by atoms with van der Waals surface area (Å²) in [4.78, 5) is 2.52. The third-order valence-electron chi connectivity index (χ3n) is 6.57. The molecule has 0 spiro atoms. The van der Waals surface area contributed by atoms with E-state index in [9.17, 15) is 0 Å². The molecule has 1 saturated heterocycles. The van der Waals surface area contributed by atoms with Gasteiger partial charge in [0.15, 0.2) is 0 Å². The van der Waals surface area contributed by atoms with E-state index in [1.165, 1.54) is 27.9 Å². The minimum atomic E-state index is 0. The van der Waals surface area contributed by atoms with Gasteiger partial charge in [-0.15, -0.1) is 5.41 Å². The maximum Gasteiger partial charge on any atom is 0.0134 e. The van der Waals surface area contributed by atoms with Crippen molar-refractivity contribution in [2.24, 2.45) is 0 Å². The Morgan fingerprint density at radius 2 is 1.47 bits per heavy atom. The third kappa shape index (κ3) is 7.08. The van der Waals surface area contributed by atoms with Crippen LogP contribution in [0.3, 0.4) is 0 Å². The number of nitrogens with zero attached hydrogens (tertiary/aromatic N) is 1. The zero-order chi connectivity index (χ0) is 25.8. The van der Waals surface area contributed by atoms with E-state index in [0.29, 0.717) is 0 Å². The summed E-state index contributed by atoms with van der Waals surface area (Å²) in [6.45, 7) is 20.2. The van der Waals surface area contributed by atoms with Crippen molar-refractivity contribution in [1.82, 2.24) is 0 Å². The van der Waals surface area contributed by atoms with Crippen LogP contribution in [0.5, 0.6) is 5.75 Å². The van der Waals surface area contributed by atoms with Gasteiger partial charge in [0.1, 0.15) is 0 Å². The van der Waals surface area contributed by atoms with E-state index in [1.54, 1.807) is 0 Å². The summed E-state index contributed by atoms with van der Waals surface area (Å²) >= 11 is 2.49. The Morgan fingerprint density at radius 1 is 0.917 bits per heavy atom.